The van der Waals surface area contributed by atoms with E-state index in [2.05, 4.69) is 4.90 Å². The summed E-state index contributed by atoms with van der Waals surface area (Å²) in [5.74, 6) is 0. The van der Waals surface area contributed by atoms with Gasteiger partial charge in [-0.15, -0.1) is 0 Å². The summed E-state index contributed by atoms with van der Waals surface area (Å²) in [5, 5.41) is -0.719. The van der Waals surface area contributed by atoms with Gasteiger partial charge in [-0.1, -0.05) is 19.1 Å². The summed E-state index contributed by atoms with van der Waals surface area (Å²) in [6, 6.07) is 0.460. The molecule has 2 N–H and O–H groups in total. The van der Waals surface area contributed by atoms with Crippen molar-refractivity contribution >= 4 is 27.2 Å². The molecule has 1 atom stereocenters. The van der Waals surface area contributed by atoms with E-state index in [-0.39, 0.29) is 4.99 Å². The topological polar surface area (TPSA) is 66.6 Å². The second-order valence-electron chi connectivity index (χ2n) is 4.94. The SMILES string of the molecule is CCC(C(N)=S)S(=O)(=O)N1CCC(N(C)C)CC1. The minimum atomic E-state index is -3.37. The van der Waals surface area contributed by atoms with Crippen molar-refractivity contribution in [2.45, 2.75) is 37.5 Å². The molecule has 106 valence electrons. The molecule has 18 heavy (non-hydrogen) atoms. The Bertz CT molecular complexity index is 387. The number of nitrogens with two attached hydrogens (primary N) is 1. The molecule has 5 nitrogen and oxygen atoms in total. The van der Waals surface area contributed by atoms with Crippen molar-refractivity contribution < 1.29 is 8.42 Å². The van der Waals surface area contributed by atoms with Crippen LogP contribution in [0.1, 0.15) is 26.2 Å². The van der Waals surface area contributed by atoms with E-state index in [1.165, 1.54) is 0 Å². The van der Waals surface area contributed by atoms with Crippen LogP contribution in [0.15, 0.2) is 0 Å². The summed E-state index contributed by atoms with van der Waals surface area (Å²) in [6.07, 6.45) is 2.16. The lowest BCUT2D eigenvalue weighted by Gasteiger charge is -2.35. The van der Waals surface area contributed by atoms with E-state index in [9.17, 15) is 8.42 Å². The molecule has 0 aromatic carbocycles. The summed E-state index contributed by atoms with van der Waals surface area (Å²) < 4.78 is 26.3. The highest BCUT2D eigenvalue weighted by atomic mass is 32.2. The Balaban J connectivity index is 2.74. The van der Waals surface area contributed by atoms with Gasteiger partial charge in [-0.05, 0) is 33.4 Å². The van der Waals surface area contributed by atoms with Crippen molar-refractivity contribution in [3.63, 3.8) is 0 Å². The van der Waals surface area contributed by atoms with Crippen molar-refractivity contribution in [3.8, 4) is 0 Å². The maximum atomic E-state index is 12.4. The fraction of sp³-hybridized carbons (Fsp3) is 0.909. The van der Waals surface area contributed by atoms with E-state index in [0.29, 0.717) is 25.6 Å². The lowest BCUT2D eigenvalue weighted by molar-refractivity contribution is 0.196. The van der Waals surface area contributed by atoms with E-state index in [1.54, 1.807) is 11.2 Å². The quantitative estimate of drug-likeness (QED) is 0.744. The predicted octanol–water partition coefficient (Wildman–Crippen LogP) is 0.407. The Hall–Kier alpha value is -0.240. The third kappa shape index (κ3) is 3.40. The molecule has 0 aliphatic carbocycles. The molecule has 0 bridgehead atoms. The van der Waals surface area contributed by atoms with Crippen LogP contribution in [0.25, 0.3) is 0 Å². The van der Waals surface area contributed by atoms with E-state index >= 15 is 0 Å². The smallest absolute Gasteiger partial charge is 0.223 e. The fourth-order valence-electron chi connectivity index (χ4n) is 2.35. The fourth-order valence-corrected chi connectivity index (χ4v) is 4.68. The van der Waals surface area contributed by atoms with Crippen LogP contribution in [0.5, 0.6) is 0 Å². The first-order valence-electron chi connectivity index (χ1n) is 6.25. The van der Waals surface area contributed by atoms with Crippen molar-refractivity contribution in [1.82, 2.24) is 9.21 Å². The van der Waals surface area contributed by atoms with Gasteiger partial charge in [-0.3, -0.25) is 0 Å². The zero-order valence-corrected chi connectivity index (χ0v) is 12.9. The van der Waals surface area contributed by atoms with E-state index in [4.69, 9.17) is 18.0 Å². The number of hydrogen-bond donors (Lipinski definition) is 1. The first-order chi connectivity index (χ1) is 8.30. The zero-order chi connectivity index (χ0) is 13.9. The largest absolute Gasteiger partial charge is 0.392 e. The van der Waals surface area contributed by atoms with E-state index < -0.39 is 15.3 Å². The molecule has 0 amide bonds. The number of thiocarbonyl (C=S) groups is 1. The summed E-state index contributed by atoms with van der Waals surface area (Å²) in [7, 11) is 0.679. The Morgan fingerprint density at radius 2 is 1.94 bits per heavy atom. The predicted molar refractivity (Wildman–Crippen MR) is 78.1 cm³/mol. The van der Waals surface area contributed by atoms with Crippen LogP contribution >= 0.6 is 12.2 Å². The third-order valence-corrected chi connectivity index (χ3v) is 6.39. The number of nitrogens with zero attached hydrogens (tertiary/aromatic N) is 2. The number of rotatable bonds is 5. The average molecular weight is 293 g/mol. The van der Waals surface area contributed by atoms with Crippen LogP contribution in [0.4, 0.5) is 0 Å². The lowest BCUT2D eigenvalue weighted by Crippen LogP contribution is -2.49. The molecule has 1 aliphatic rings. The van der Waals surface area contributed by atoms with Gasteiger partial charge in [0.25, 0.3) is 0 Å². The van der Waals surface area contributed by atoms with Gasteiger partial charge < -0.3 is 10.6 Å². The molecule has 1 unspecified atom stereocenters. The molecule has 1 saturated heterocycles. The van der Waals surface area contributed by atoms with Crippen LogP contribution in [0.3, 0.4) is 0 Å². The van der Waals surface area contributed by atoms with Crippen molar-refractivity contribution in [1.29, 1.82) is 0 Å². The van der Waals surface area contributed by atoms with Gasteiger partial charge in [0.15, 0.2) is 0 Å². The maximum Gasteiger partial charge on any atom is 0.223 e. The first kappa shape index (κ1) is 15.8. The van der Waals surface area contributed by atoms with Crippen molar-refractivity contribution in [3.05, 3.63) is 0 Å². The Labute approximate surface area is 115 Å². The highest BCUT2D eigenvalue weighted by Gasteiger charge is 2.35. The van der Waals surface area contributed by atoms with E-state index in [0.717, 1.165) is 12.8 Å². The molecule has 7 heteroatoms. The highest BCUT2D eigenvalue weighted by molar-refractivity contribution is 7.92. The first-order valence-corrected chi connectivity index (χ1v) is 8.16. The van der Waals surface area contributed by atoms with E-state index in [1.807, 2.05) is 14.1 Å². The van der Waals surface area contributed by atoms with Gasteiger partial charge >= 0.3 is 0 Å². The molecule has 1 heterocycles. The Morgan fingerprint density at radius 1 is 1.44 bits per heavy atom. The minimum absolute atomic E-state index is 0.0761. The number of sulfonamides is 1. The summed E-state index contributed by atoms with van der Waals surface area (Å²) >= 11 is 4.86. The molecular weight excluding hydrogens is 270 g/mol. The highest BCUT2D eigenvalue weighted by Crippen LogP contribution is 2.21. The van der Waals surface area contributed by atoms with Gasteiger partial charge in [0.05, 0.1) is 4.99 Å². The molecule has 0 aromatic rings. The van der Waals surface area contributed by atoms with Gasteiger partial charge in [0.1, 0.15) is 5.25 Å². The van der Waals surface area contributed by atoms with Crippen LogP contribution < -0.4 is 5.73 Å². The molecule has 1 rings (SSSR count). The van der Waals surface area contributed by atoms with Gasteiger partial charge in [0.2, 0.25) is 10.0 Å². The third-order valence-electron chi connectivity index (χ3n) is 3.56. The summed E-state index contributed by atoms with van der Waals surface area (Å²) in [6.45, 7) is 2.92. The molecule has 0 radical (unpaired) electrons. The minimum Gasteiger partial charge on any atom is -0.392 e. The van der Waals surface area contributed by atoms with Gasteiger partial charge in [0, 0.05) is 19.1 Å². The zero-order valence-electron chi connectivity index (χ0n) is 11.3. The average Bonchev–Trinajstić information content (AvgIpc) is 2.29. The number of piperidine rings is 1. The summed E-state index contributed by atoms with van der Waals surface area (Å²) in [4.78, 5) is 2.22. The summed E-state index contributed by atoms with van der Waals surface area (Å²) in [5.41, 5.74) is 5.53. The van der Waals surface area contributed by atoms with Crippen LogP contribution in [-0.4, -0.2) is 61.1 Å². The number of hydrogen-bond acceptors (Lipinski definition) is 4. The monoisotopic (exact) mass is 293 g/mol. The van der Waals surface area contributed by atoms with Crippen molar-refractivity contribution in [2.24, 2.45) is 5.73 Å². The van der Waals surface area contributed by atoms with Gasteiger partial charge in [-0.2, -0.15) is 0 Å². The maximum absolute atomic E-state index is 12.4. The standard InChI is InChI=1S/C11H23N3O2S2/c1-4-10(11(12)17)18(15,16)14-7-5-9(6-8-14)13(2)3/h9-10H,4-8H2,1-3H3,(H2,12,17). The van der Waals surface area contributed by atoms with Crippen LogP contribution in [0, 0.1) is 0 Å². The van der Waals surface area contributed by atoms with Crippen molar-refractivity contribution in [2.75, 3.05) is 27.2 Å². The second-order valence-corrected chi connectivity index (χ2v) is 7.52. The normalized spacial score (nSPS) is 21.1. The Kier molecular flexibility index (Phi) is 5.51. The molecular formula is C11H23N3O2S2. The Morgan fingerprint density at radius 3 is 2.28 bits per heavy atom. The van der Waals surface area contributed by atoms with Crippen LogP contribution in [0.2, 0.25) is 0 Å². The molecule has 0 aromatic heterocycles. The molecule has 0 spiro atoms. The molecule has 1 aliphatic heterocycles. The van der Waals surface area contributed by atoms with Gasteiger partial charge in [-0.25, -0.2) is 12.7 Å². The second kappa shape index (κ2) is 6.27. The lowest BCUT2D eigenvalue weighted by atomic mass is 10.1. The molecule has 1 fully saturated rings. The molecule has 0 saturated carbocycles. The van der Waals surface area contributed by atoms with Crippen LogP contribution in [-0.2, 0) is 10.0 Å².